The minimum atomic E-state index is -0.932. The van der Waals surface area contributed by atoms with Gasteiger partial charge in [-0.25, -0.2) is 0 Å². The van der Waals surface area contributed by atoms with E-state index in [9.17, 15) is 5.11 Å². The third-order valence-corrected chi connectivity index (χ3v) is 2.56. The Morgan fingerprint density at radius 2 is 2.30 bits per heavy atom. The van der Waals surface area contributed by atoms with E-state index in [-0.39, 0.29) is 0 Å². The van der Waals surface area contributed by atoms with Gasteiger partial charge >= 0.3 is 0 Å². The van der Waals surface area contributed by atoms with Crippen LogP contribution >= 0.6 is 39.1 Å². The minimum absolute atomic E-state index is 0.342. The van der Waals surface area contributed by atoms with Crippen molar-refractivity contribution in [3.8, 4) is 0 Å². The topological polar surface area (TPSA) is 20.2 Å². The highest BCUT2D eigenvalue weighted by Crippen LogP contribution is 2.36. The van der Waals surface area contributed by atoms with Gasteiger partial charge in [-0.15, -0.1) is 0 Å². The fourth-order valence-corrected chi connectivity index (χ4v) is 1.66. The fourth-order valence-electron chi connectivity index (χ4n) is 0.634. The summed E-state index contributed by atoms with van der Waals surface area (Å²) in [6.07, 6.45) is 4.07. The van der Waals surface area contributed by atoms with Crippen molar-refractivity contribution in [3.63, 3.8) is 0 Å². The highest BCUT2D eigenvalue weighted by Gasteiger charge is 2.33. The molecule has 1 aliphatic carbocycles. The molecule has 0 amide bonds. The average Bonchev–Trinajstić information content (AvgIpc) is 1.83. The van der Waals surface area contributed by atoms with Crippen molar-refractivity contribution < 1.29 is 5.11 Å². The van der Waals surface area contributed by atoms with Crippen LogP contribution in [0, 0.1) is 0 Å². The molecule has 1 N–H and O–H groups in total. The molecule has 0 bridgehead atoms. The van der Waals surface area contributed by atoms with Gasteiger partial charge in [0.05, 0.1) is 0 Å². The average molecular weight is 244 g/mol. The fraction of sp³-hybridized carbons (Fsp3) is 0.333. The Morgan fingerprint density at radius 1 is 1.70 bits per heavy atom. The van der Waals surface area contributed by atoms with E-state index in [1.165, 1.54) is 0 Å². The van der Waals surface area contributed by atoms with Crippen molar-refractivity contribution in [1.29, 1.82) is 0 Å². The molecule has 1 rings (SSSR count). The highest BCUT2D eigenvalue weighted by molar-refractivity contribution is 9.10. The lowest BCUT2D eigenvalue weighted by molar-refractivity contribution is 0.217. The second-order valence-corrected chi connectivity index (χ2v) is 4.82. The van der Waals surface area contributed by atoms with Crippen LogP contribution in [0.4, 0.5) is 0 Å². The summed E-state index contributed by atoms with van der Waals surface area (Å²) in [7, 11) is 0. The minimum Gasteiger partial charge on any atom is -0.384 e. The first-order valence-electron chi connectivity index (χ1n) is 2.65. The molecule has 0 fully saturated rings. The Hall–Kier alpha value is 0.500. The molecule has 56 valence electrons. The third-order valence-electron chi connectivity index (χ3n) is 1.20. The largest absolute Gasteiger partial charge is 0.384 e. The molecule has 0 saturated carbocycles. The lowest BCUT2D eigenvalue weighted by atomic mass is 10.1. The molecule has 2 unspecified atom stereocenters. The van der Waals surface area contributed by atoms with E-state index in [0.29, 0.717) is 5.03 Å². The lowest BCUT2D eigenvalue weighted by Crippen LogP contribution is -2.30. The standard InChI is InChI=1S/C6H5BrCl2O/c7-6(9)3-1-2-4(8)5(6)10/h1-3,5,10H. The van der Waals surface area contributed by atoms with E-state index < -0.39 is 9.89 Å². The van der Waals surface area contributed by atoms with Crippen LogP contribution in [0.5, 0.6) is 0 Å². The van der Waals surface area contributed by atoms with Gasteiger partial charge in [0, 0.05) is 5.03 Å². The summed E-state index contributed by atoms with van der Waals surface area (Å²) in [6, 6.07) is 0. The maximum atomic E-state index is 9.28. The summed E-state index contributed by atoms with van der Waals surface area (Å²) in [4.78, 5) is 0. The lowest BCUT2D eigenvalue weighted by Gasteiger charge is -2.24. The van der Waals surface area contributed by atoms with Crippen molar-refractivity contribution in [2.45, 2.75) is 9.89 Å². The molecule has 0 heterocycles. The van der Waals surface area contributed by atoms with Crippen LogP contribution in [0.1, 0.15) is 0 Å². The molecule has 0 spiro atoms. The summed E-state index contributed by atoms with van der Waals surface area (Å²) >= 11 is 14.5. The molecule has 4 heteroatoms. The number of hydrogen-bond acceptors (Lipinski definition) is 1. The number of allylic oxidation sites excluding steroid dienone is 2. The Morgan fingerprint density at radius 3 is 2.70 bits per heavy atom. The quantitative estimate of drug-likeness (QED) is 0.648. The van der Waals surface area contributed by atoms with E-state index in [1.807, 2.05) is 0 Å². The molecule has 0 aromatic heterocycles. The first-order chi connectivity index (χ1) is 4.54. The van der Waals surface area contributed by atoms with Gasteiger partial charge in [-0.05, 0) is 6.08 Å². The molecule has 1 aliphatic rings. The smallest absolute Gasteiger partial charge is 0.148 e. The highest BCUT2D eigenvalue weighted by atomic mass is 79.9. The maximum absolute atomic E-state index is 9.28. The zero-order chi connectivity index (χ0) is 7.78. The Kier molecular flexibility index (Phi) is 2.46. The number of halogens is 3. The van der Waals surface area contributed by atoms with E-state index in [2.05, 4.69) is 15.9 Å². The third kappa shape index (κ3) is 1.56. The number of alkyl halides is 2. The van der Waals surface area contributed by atoms with Crippen molar-refractivity contribution in [1.82, 2.24) is 0 Å². The summed E-state index contributed by atoms with van der Waals surface area (Å²) < 4.78 is -0.932. The van der Waals surface area contributed by atoms with Gasteiger partial charge in [0.15, 0.2) is 0 Å². The van der Waals surface area contributed by atoms with Crippen molar-refractivity contribution in [3.05, 3.63) is 23.3 Å². The maximum Gasteiger partial charge on any atom is 0.148 e. The van der Waals surface area contributed by atoms with Gasteiger partial charge in [0.25, 0.3) is 0 Å². The predicted molar refractivity (Wildman–Crippen MR) is 46.6 cm³/mol. The monoisotopic (exact) mass is 242 g/mol. The zero-order valence-electron chi connectivity index (χ0n) is 4.89. The molecule has 0 aromatic carbocycles. The molecular weight excluding hydrogens is 239 g/mol. The van der Waals surface area contributed by atoms with Gasteiger partial charge in [-0.1, -0.05) is 51.3 Å². The van der Waals surface area contributed by atoms with E-state index in [1.54, 1.807) is 18.2 Å². The Balaban J connectivity index is 2.89. The Bertz CT molecular complexity index is 198. The van der Waals surface area contributed by atoms with Gasteiger partial charge in [0.1, 0.15) is 9.89 Å². The number of rotatable bonds is 0. The molecule has 0 aliphatic heterocycles. The van der Waals surface area contributed by atoms with Crippen LogP contribution in [0.25, 0.3) is 0 Å². The van der Waals surface area contributed by atoms with Crippen LogP contribution in [0.15, 0.2) is 23.3 Å². The molecule has 1 nitrogen and oxygen atoms in total. The Labute approximate surface area is 77.4 Å². The van der Waals surface area contributed by atoms with Crippen LogP contribution in [0.3, 0.4) is 0 Å². The van der Waals surface area contributed by atoms with Crippen LogP contribution in [-0.4, -0.2) is 15.0 Å². The second kappa shape index (κ2) is 2.86. The van der Waals surface area contributed by atoms with Gasteiger partial charge in [-0.3, -0.25) is 0 Å². The summed E-state index contributed by atoms with van der Waals surface area (Å²) in [5, 5.41) is 9.62. The molecule has 0 saturated heterocycles. The van der Waals surface area contributed by atoms with E-state index in [0.717, 1.165) is 0 Å². The van der Waals surface area contributed by atoms with Gasteiger partial charge in [0.2, 0.25) is 0 Å². The van der Waals surface area contributed by atoms with Gasteiger partial charge in [-0.2, -0.15) is 0 Å². The first-order valence-corrected chi connectivity index (χ1v) is 4.20. The molecule has 10 heavy (non-hydrogen) atoms. The zero-order valence-corrected chi connectivity index (χ0v) is 7.99. The van der Waals surface area contributed by atoms with Crippen molar-refractivity contribution in [2.75, 3.05) is 0 Å². The summed E-state index contributed by atoms with van der Waals surface area (Å²) in [6.45, 7) is 0. The molecular formula is C6H5BrCl2O. The van der Waals surface area contributed by atoms with Crippen LogP contribution in [-0.2, 0) is 0 Å². The number of aliphatic hydroxyl groups is 1. The van der Waals surface area contributed by atoms with Crippen LogP contribution in [0.2, 0.25) is 0 Å². The summed E-state index contributed by atoms with van der Waals surface area (Å²) in [5.41, 5.74) is 0. The van der Waals surface area contributed by atoms with Crippen molar-refractivity contribution >= 4 is 39.1 Å². The van der Waals surface area contributed by atoms with E-state index in [4.69, 9.17) is 23.2 Å². The molecule has 2 atom stereocenters. The normalized spacial score (nSPS) is 39.6. The van der Waals surface area contributed by atoms with Crippen molar-refractivity contribution in [2.24, 2.45) is 0 Å². The SMILES string of the molecule is OC1C(Cl)=CC=CC1(Cl)Br. The number of hydrogen-bond donors (Lipinski definition) is 1. The molecule has 0 aromatic rings. The summed E-state index contributed by atoms with van der Waals surface area (Å²) in [5.74, 6) is 0. The predicted octanol–water partition coefficient (Wildman–Crippen LogP) is 2.37. The van der Waals surface area contributed by atoms with Crippen LogP contribution < -0.4 is 0 Å². The van der Waals surface area contributed by atoms with Gasteiger partial charge < -0.3 is 5.11 Å². The number of aliphatic hydroxyl groups excluding tert-OH is 1. The van der Waals surface area contributed by atoms with E-state index >= 15 is 0 Å². The first kappa shape index (κ1) is 8.60. The molecule has 0 radical (unpaired) electrons. The second-order valence-electron chi connectivity index (χ2n) is 1.99.